The Bertz CT molecular complexity index is 1170. The van der Waals surface area contributed by atoms with Gasteiger partial charge in [0, 0.05) is 16.6 Å². The monoisotopic (exact) mass is 367 g/mol. The van der Waals surface area contributed by atoms with Crippen LogP contribution in [0.5, 0.6) is 0 Å². The summed E-state index contributed by atoms with van der Waals surface area (Å²) in [5.41, 5.74) is 2.54. The van der Waals surface area contributed by atoms with Crippen molar-refractivity contribution in [3.8, 4) is 11.3 Å². The second-order valence-electron chi connectivity index (χ2n) is 5.76. The first-order valence-corrected chi connectivity index (χ1v) is 9.33. The molecule has 0 saturated carbocycles. The fourth-order valence-corrected chi connectivity index (χ4v) is 3.79. The lowest BCUT2D eigenvalue weighted by Gasteiger charge is -2.08. The van der Waals surface area contributed by atoms with E-state index < -0.39 is 10.0 Å². The Labute approximate surface area is 149 Å². The van der Waals surface area contributed by atoms with E-state index in [4.69, 9.17) is 0 Å². The summed E-state index contributed by atoms with van der Waals surface area (Å²) in [4.78, 5) is 0.186. The van der Waals surface area contributed by atoms with Crippen LogP contribution in [0.1, 0.15) is 0 Å². The van der Waals surface area contributed by atoms with Gasteiger partial charge in [0.15, 0.2) is 0 Å². The van der Waals surface area contributed by atoms with Gasteiger partial charge >= 0.3 is 0 Å². The molecule has 0 aliphatic rings. The van der Waals surface area contributed by atoms with E-state index in [-0.39, 0.29) is 10.7 Å². The standard InChI is InChI=1S/C19H14FN3O2S/c20-14-8-6-13(7-9-14)19-17-12-15(10-11-18(17)21-22-19)23-26(24,25)16-4-2-1-3-5-16/h1-12,23H,(H,21,22). The smallest absolute Gasteiger partial charge is 0.261 e. The third-order valence-electron chi connectivity index (χ3n) is 3.99. The predicted octanol–water partition coefficient (Wildman–Crippen LogP) is 4.17. The zero-order valence-corrected chi connectivity index (χ0v) is 14.3. The molecule has 0 fully saturated rings. The van der Waals surface area contributed by atoms with Crippen LogP contribution in [0.15, 0.2) is 77.7 Å². The first-order chi connectivity index (χ1) is 12.5. The molecule has 130 valence electrons. The van der Waals surface area contributed by atoms with E-state index in [2.05, 4.69) is 14.9 Å². The van der Waals surface area contributed by atoms with Crippen LogP contribution < -0.4 is 4.72 Å². The van der Waals surface area contributed by atoms with E-state index in [1.54, 1.807) is 48.5 Å². The maximum absolute atomic E-state index is 13.1. The van der Waals surface area contributed by atoms with Crippen molar-refractivity contribution in [3.05, 3.63) is 78.6 Å². The van der Waals surface area contributed by atoms with Gasteiger partial charge in [0.25, 0.3) is 10.0 Å². The number of halogens is 1. The van der Waals surface area contributed by atoms with E-state index in [0.29, 0.717) is 11.4 Å². The molecule has 1 heterocycles. The van der Waals surface area contributed by atoms with Crippen LogP contribution >= 0.6 is 0 Å². The van der Waals surface area contributed by atoms with E-state index in [1.165, 1.54) is 24.3 Å². The van der Waals surface area contributed by atoms with Gasteiger partial charge in [-0.25, -0.2) is 12.8 Å². The van der Waals surface area contributed by atoms with Crippen molar-refractivity contribution in [3.63, 3.8) is 0 Å². The number of benzene rings is 3. The van der Waals surface area contributed by atoms with Gasteiger partial charge < -0.3 is 0 Å². The number of anilines is 1. The zero-order valence-electron chi connectivity index (χ0n) is 13.5. The van der Waals surface area contributed by atoms with Crippen molar-refractivity contribution < 1.29 is 12.8 Å². The van der Waals surface area contributed by atoms with Gasteiger partial charge in [-0.3, -0.25) is 9.82 Å². The van der Waals surface area contributed by atoms with Gasteiger partial charge in [-0.05, 0) is 54.6 Å². The van der Waals surface area contributed by atoms with Crippen LogP contribution in [-0.4, -0.2) is 18.6 Å². The highest BCUT2D eigenvalue weighted by atomic mass is 32.2. The summed E-state index contributed by atoms with van der Waals surface area (Å²) < 4.78 is 40.7. The molecular weight excluding hydrogens is 353 g/mol. The van der Waals surface area contributed by atoms with Crippen molar-refractivity contribution in [1.29, 1.82) is 0 Å². The van der Waals surface area contributed by atoms with E-state index in [0.717, 1.165) is 16.5 Å². The minimum absolute atomic E-state index is 0.186. The van der Waals surface area contributed by atoms with Crippen LogP contribution in [0.3, 0.4) is 0 Å². The van der Waals surface area contributed by atoms with Crippen LogP contribution in [0, 0.1) is 5.82 Å². The summed E-state index contributed by atoms with van der Waals surface area (Å²) >= 11 is 0. The second-order valence-corrected chi connectivity index (χ2v) is 7.44. The second kappa shape index (κ2) is 6.27. The van der Waals surface area contributed by atoms with Crippen molar-refractivity contribution in [1.82, 2.24) is 10.2 Å². The van der Waals surface area contributed by atoms with Gasteiger partial charge in [0.2, 0.25) is 0 Å². The molecule has 0 saturated heterocycles. The maximum Gasteiger partial charge on any atom is 0.261 e. The van der Waals surface area contributed by atoms with Crippen molar-refractivity contribution in [2.24, 2.45) is 0 Å². The molecule has 2 N–H and O–H groups in total. The summed E-state index contributed by atoms with van der Waals surface area (Å²) in [5, 5.41) is 7.91. The lowest BCUT2D eigenvalue weighted by Crippen LogP contribution is -2.12. The molecule has 0 radical (unpaired) electrons. The van der Waals surface area contributed by atoms with Crippen LogP contribution in [0.25, 0.3) is 22.2 Å². The molecule has 0 unspecified atom stereocenters. The number of fused-ring (bicyclic) bond motifs is 1. The predicted molar refractivity (Wildman–Crippen MR) is 98.7 cm³/mol. The highest BCUT2D eigenvalue weighted by molar-refractivity contribution is 7.92. The van der Waals surface area contributed by atoms with Crippen molar-refractivity contribution >= 4 is 26.6 Å². The quantitative estimate of drug-likeness (QED) is 0.568. The lowest BCUT2D eigenvalue weighted by atomic mass is 10.1. The molecular formula is C19H14FN3O2S. The number of hydrogen-bond donors (Lipinski definition) is 2. The van der Waals surface area contributed by atoms with Crippen molar-refractivity contribution in [2.45, 2.75) is 4.90 Å². The van der Waals surface area contributed by atoms with Crippen LogP contribution in [-0.2, 0) is 10.0 Å². The highest BCUT2D eigenvalue weighted by Crippen LogP contribution is 2.29. The summed E-state index contributed by atoms with van der Waals surface area (Å²) in [6, 6.07) is 19.2. The Hall–Kier alpha value is -3.19. The van der Waals surface area contributed by atoms with Gasteiger partial charge in [-0.1, -0.05) is 18.2 Å². The minimum atomic E-state index is -3.68. The molecule has 0 amide bonds. The number of aromatic nitrogens is 2. The van der Waals surface area contributed by atoms with E-state index in [9.17, 15) is 12.8 Å². The fourth-order valence-electron chi connectivity index (χ4n) is 2.72. The Balaban J connectivity index is 1.74. The number of H-pyrrole nitrogens is 1. The molecule has 4 aromatic rings. The van der Waals surface area contributed by atoms with Crippen LogP contribution in [0.4, 0.5) is 10.1 Å². The first kappa shape index (κ1) is 16.3. The molecule has 26 heavy (non-hydrogen) atoms. The average molecular weight is 367 g/mol. The first-order valence-electron chi connectivity index (χ1n) is 7.85. The molecule has 5 nitrogen and oxygen atoms in total. The van der Waals surface area contributed by atoms with E-state index >= 15 is 0 Å². The van der Waals surface area contributed by atoms with Gasteiger partial charge in [0.05, 0.1) is 16.1 Å². The molecule has 0 aliphatic heterocycles. The minimum Gasteiger partial charge on any atom is -0.280 e. The normalized spacial score (nSPS) is 11.6. The number of rotatable bonds is 4. The number of nitrogens with zero attached hydrogens (tertiary/aromatic N) is 1. The largest absolute Gasteiger partial charge is 0.280 e. The molecule has 0 aliphatic carbocycles. The molecule has 7 heteroatoms. The fraction of sp³-hybridized carbons (Fsp3) is 0. The number of aromatic amines is 1. The number of nitrogens with one attached hydrogen (secondary N) is 2. The molecule has 0 spiro atoms. The maximum atomic E-state index is 13.1. The summed E-state index contributed by atoms with van der Waals surface area (Å²) in [6.45, 7) is 0. The summed E-state index contributed by atoms with van der Waals surface area (Å²) in [7, 11) is -3.68. The lowest BCUT2D eigenvalue weighted by molar-refractivity contribution is 0.601. The molecule has 3 aromatic carbocycles. The molecule has 1 aromatic heterocycles. The van der Waals surface area contributed by atoms with Gasteiger partial charge in [-0.15, -0.1) is 0 Å². The van der Waals surface area contributed by atoms with Crippen LogP contribution in [0.2, 0.25) is 0 Å². The third-order valence-corrected chi connectivity index (χ3v) is 5.38. The Morgan fingerprint density at radius 3 is 2.38 bits per heavy atom. The zero-order chi connectivity index (χ0) is 18.1. The van der Waals surface area contributed by atoms with Gasteiger partial charge in [-0.2, -0.15) is 5.10 Å². The average Bonchev–Trinajstić information content (AvgIpc) is 3.06. The topological polar surface area (TPSA) is 74.8 Å². The number of hydrogen-bond acceptors (Lipinski definition) is 3. The Kier molecular flexibility index (Phi) is 3.93. The van der Waals surface area contributed by atoms with Crippen molar-refractivity contribution in [2.75, 3.05) is 4.72 Å². The SMILES string of the molecule is O=S(=O)(Nc1ccc2[nH]nc(-c3ccc(F)cc3)c2c1)c1ccccc1. The van der Waals surface area contributed by atoms with E-state index in [1.807, 2.05) is 0 Å². The Morgan fingerprint density at radius 2 is 1.65 bits per heavy atom. The molecule has 4 rings (SSSR count). The third kappa shape index (κ3) is 3.04. The molecule has 0 bridgehead atoms. The number of sulfonamides is 1. The summed E-state index contributed by atoms with van der Waals surface area (Å²) in [5.74, 6) is -0.329. The molecule has 0 atom stereocenters. The Morgan fingerprint density at radius 1 is 0.923 bits per heavy atom. The highest BCUT2D eigenvalue weighted by Gasteiger charge is 2.15. The summed E-state index contributed by atoms with van der Waals surface area (Å²) in [6.07, 6.45) is 0. The van der Waals surface area contributed by atoms with Gasteiger partial charge in [0.1, 0.15) is 5.82 Å².